The van der Waals surface area contributed by atoms with E-state index in [1.54, 1.807) is 10.6 Å². The summed E-state index contributed by atoms with van der Waals surface area (Å²) < 4.78 is 7.21. The van der Waals surface area contributed by atoms with Crippen LogP contribution in [-0.4, -0.2) is 50.4 Å². The molecule has 9 heteroatoms. The number of fused-ring (bicyclic) bond motifs is 1. The number of morpholine rings is 1. The normalized spacial score (nSPS) is 17.6. The van der Waals surface area contributed by atoms with Gasteiger partial charge in [-0.2, -0.15) is 0 Å². The van der Waals surface area contributed by atoms with Gasteiger partial charge >= 0.3 is 6.09 Å². The van der Waals surface area contributed by atoms with Gasteiger partial charge in [-0.05, 0) is 23.8 Å². The molecule has 4 rings (SSSR count). The molecule has 0 spiro atoms. The number of aromatic nitrogens is 3. The fraction of sp³-hybridized carbons (Fsp3) is 0.235. The third-order valence-corrected chi connectivity index (χ3v) is 4.99. The lowest BCUT2D eigenvalue weighted by molar-refractivity contribution is -0.000893. The first-order valence-electron chi connectivity index (χ1n) is 7.91. The minimum absolute atomic E-state index is 0.330. The van der Waals surface area contributed by atoms with Crippen LogP contribution in [0.1, 0.15) is 11.6 Å². The van der Waals surface area contributed by atoms with Crippen molar-refractivity contribution in [2.45, 2.75) is 6.04 Å². The number of rotatable bonds is 2. The van der Waals surface area contributed by atoms with E-state index < -0.39 is 6.09 Å². The molecule has 26 heavy (non-hydrogen) atoms. The zero-order valence-corrected chi connectivity index (χ0v) is 15.0. The molecule has 1 aliphatic rings. The highest BCUT2D eigenvalue weighted by Gasteiger charge is 2.28. The van der Waals surface area contributed by atoms with Crippen molar-refractivity contribution in [2.75, 3.05) is 19.8 Å². The Bertz CT molecular complexity index is 974. The Hall–Kier alpha value is -2.35. The summed E-state index contributed by atoms with van der Waals surface area (Å²) in [4.78, 5) is 21.1. The van der Waals surface area contributed by atoms with E-state index in [0.717, 1.165) is 11.3 Å². The quantitative estimate of drug-likeness (QED) is 0.671. The Morgan fingerprint density at radius 3 is 2.73 bits per heavy atom. The molecule has 0 radical (unpaired) electrons. The molecule has 1 amide bonds. The summed E-state index contributed by atoms with van der Waals surface area (Å²) in [6, 6.07) is 8.86. The first kappa shape index (κ1) is 17.1. The van der Waals surface area contributed by atoms with Gasteiger partial charge in [0.05, 0.1) is 24.6 Å². The average Bonchev–Trinajstić information content (AvgIpc) is 2.99. The van der Waals surface area contributed by atoms with E-state index >= 15 is 0 Å². The second-order valence-corrected chi connectivity index (χ2v) is 6.61. The monoisotopic (exact) mass is 392 g/mol. The molecule has 0 aliphatic carbocycles. The third kappa shape index (κ3) is 2.88. The standard InChI is InChI=1S/C17H14Cl2N4O3/c18-14-7-12-15(19)20-9-21-16(12)23(14)11-3-1-10(2-4-11)13-8-26-6-5-22(13)17(24)25/h1-4,7,9,13H,5-6,8H2,(H,24,25). The van der Waals surface area contributed by atoms with Gasteiger partial charge in [-0.1, -0.05) is 35.3 Å². The molecule has 2 aromatic heterocycles. The number of amides is 1. The van der Waals surface area contributed by atoms with Crippen molar-refractivity contribution in [3.8, 4) is 5.69 Å². The molecular formula is C17H14Cl2N4O3. The van der Waals surface area contributed by atoms with Gasteiger partial charge in [0.2, 0.25) is 0 Å². The Labute approximate surface area is 158 Å². The van der Waals surface area contributed by atoms with Gasteiger partial charge in [0.15, 0.2) is 5.65 Å². The number of carbonyl (C=O) groups is 1. The molecule has 1 atom stereocenters. The van der Waals surface area contributed by atoms with Gasteiger partial charge in [0.1, 0.15) is 16.6 Å². The minimum Gasteiger partial charge on any atom is -0.465 e. The van der Waals surface area contributed by atoms with E-state index in [2.05, 4.69) is 9.97 Å². The van der Waals surface area contributed by atoms with Crippen LogP contribution in [0.25, 0.3) is 16.7 Å². The van der Waals surface area contributed by atoms with Gasteiger partial charge in [-0.15, -0.1) is 0 Å². The lowest BCUT2D eigenvalue weighted by Gasteiger charge is -2.33. The first-order chi connectivity index (χ1) is 12.6. The molecule has 1 fully saturated rings. The number of hydrogen-bond acceptors (Lipinski definition) is 4. The number of hydrogen-bond donors (Lipinski definition) is 1. The molecular weight excluding hydrogens is 379 g/mol. The molecule has 1 N–H and O–H groups in total. The largest absolute Gasteiger partial charge is 0.465 e. The second kappa shape index (κ2) is 6.75. The highest BCUT2D eigenvalue weighted by atomic mass is 35.5. The summed E-state index contributed by atoms with van der Waals surface area (Å²) in [6.45, 7) is 1.10. The number of halogens is 2. The van der Waals surface area contributed by atoms with E-state index in [-0.39, 0.29) is 6.04 Å². The van der Waals surface area contributed by atoms with Crippen LogP contribution in [0.2, 0.25) is 10.3 Å². The van der Waals surface area contributed by atoms with Gasteiger partial charge in [0.25, 0.3) is 0 Å². The fourth-order valence-corrected chi connectivity index (χ4v) is 3.62. The maximum Gasteiger partial charge on any atom is 0.407 e. The van der Waals surface area contributed by atoms with E-state index in [0.29, 0.717) is 41.1 Å². The van der Waals surface area contributed by atoms with Crippen LogP contribution in [0.15, 0.2) is 36.7 Å². The van der Waals surface area contributed by atoms with Gasteiger partial charge in [-0.25, -0.2) is 14.8 Å². The van der Waals surface area contributed by atoms with Crippen LogP contribution in [0.3, 0.4) is 0 Å². The minimum atomic E-state index is -0.951. The molecule has 0 saturated carbocycles. The fourth-order valence-electron chi connectivity index (χ4n) is 3.15. The van der Waals surface area contributed by atoms with Crippen molar-refractivity contribution >= 4 is 40.3 Å². The summed E-state index contributed by atoms with van der Waals surface area (Å²) in [5, 5.41) is 10.8. The first-order valence-corrected chi connectivity index (χ1v) is 8.67. The van der Waals surface area contributed by atoms with Crippen LogP contribution >= 0.6 is 23.2 Å². The zero-order chi connectivity index (χ0) is 18.3. The zero-order valence-electron chi connectivity index (χ0n) is 13.5. The van der Waals surface area contributed by atoms with E-state index in [1.807, 2.05) is 24.3 Å². The Morgan fingerprint density at radius 2 is 2.00 bits per heavy atom. The van der Waals surface area contributed by atoms with Crippen molar-refractivity contribution in [3.05, 3.63) is 52.5 Å². The molecule has 7 nitrogen and oxygen atoms in total. The lowest BCUT2D eigenvalue weighted by Crippen LogP contribution is -2.42. The molecule has 1 unspecified atom stereocenters. The van der Waals surface area contributed by atoms with Crippen LogP contribution in [0.5, 0.6) is 0 Å². The molecule has 3 aromatic rings. The summed E-state index contributed by atoms with van der Waals surface area (Å²) in [5.74, 6) is 0. The molecule has 1 aliphatic heterocycles. The second-order valence-electron chi connectivity index (χ2n) is 5.86. The molecule has 3 heterocycles. The van der Waals surface area contributed by atoms with E-state index in [9.17, 15) is 9.90 Å². The number of ether oxygens (including phenoxy) is 1. The van der Waals surface area contributed by atoms with Gasteiger partial charge in [-0.3, -0.25) is 9.47 Å². The average molecular weight is 393 g/mol. The van der Waals surface area contributed by atoms with Crippen LogP contribution in [0.4, 0.5) is 4.79 Å². The smallest absolute Gasteiger partial charge is 0.407 e. The van der Waals surface area contributed by atoms with E-state index in [1.165, 1.54) is 11.2 Å². The number of carboxylic acid groups (broad SMARTS) is 1. The maximum absolute atomic E-state index is 11.4. The molecule has 1 aromatic carbocycles. The van der Waals surface area contributed by atoms with Gasteiger partial charge in [0, 0.05) is 12.2 Å². The highest BCUT2D eigenvalue weighted by molar-refractivity contribution is 6.36. The maximum atomic E-state index is 11.4. The Kier molecular flexibility index (Phi) is 4.44. The van der Waals surface area contributed by atoms with Crippen LogP contribution < -0.4 is 0 Å². The van der Waals surface area contributed by atoms with E-state index in [4.69, 9.17) is 27.9 Å². The predicted molar refractivity (Wildman–Crippen MR) is 97.2 cm³/mol. The molecule has 134 valence electrons. The summed E-state index contributed by atoms with van der Waals surface area (Å²) in [7, 11) is 0. The third-order valence-electron chi connectivity index (χ3n) is 4.41. The van der Waals surface area contributed by atoms with Crippen molar-refractivity contribution in [1.29, 1.82) is 0 Å². The van der Waals surface area contributed by atoms with Crippen LogP contribution in [-0.2, 0) is 4.74 Å². The number of nitrogens with zero attached hydrogens (tertiary/aromatic N) is 4. The lowest BCUT2D eigenvalue weighted by atomic mass is 10.0. The number of benzene rings is 1. The SMILES string of the molecule is O=C(O)N1CCOCC1c1ccc(-n2c(Cl)cc3c(Cl)ncnc32)cc1. The van der Waals surface area contributed by atoms with Crippen LogP contribution in [0, 0.1) is 0 Å². The molecule has 0 bridgehead atoms. The van der Waals surface area contributed by atoms with Crippen molar-refractivity contribution in [3.63, 3.8) is 0 Å². The summed E-state index contributed by atoms with van der Waals surface area (Å²) in [6.07, 6.45) is 0.434. The highest BCUT2D eigenvalue weighted by Crippen LogP contribution is 2.31. The summed E-state index contributed by atoms with van der Waals surface area (Å²) >= 11 is 12.5. The van der Waals surface area contributed by atoms with Gasteiger partial charge < -0.3 is 9.84 Å². The molecule has 1 saturated heterocycles. The van der Waals surface area contributed by atoms with Crippen molar-refractivity contribution in [2.24, 2.45) is 0 Å². The van der Waals surface area contributed by atoms with Crippen molar-refractivity contribution in [1.82, 2.24) is 19.4 Å². The Balaban J connectivity index is 1.72. The predicted octanol–water partition coefficient (Wildman–Crippen LogP) is 3.78. The Morgan fingerprint density at radius 1 is 1.23 bits per heavy atom. The van der Waals surface area contributed by atoms with Crippen molar-refractivity contribution < 1.29 is 14.6 Å². The topological polar surface area (TPSA) is 80.5 Å². The summed E-state index contributed by atoms with van der Waals surface area (Å²) in [5.41, 5.74) is 2.26.